The number of hydrogen-bond donors (Lipinski definition) is 3. The van der Waals surface area contributed by atoms with Crippen LogP contribution in [0.3, 0.4) is 0 Å². The molecule has 0 spiro atoms. The van der Waals surface area contributed by atoms with Gasteiger partial charge in [-0.05, 0) is 55.5 Å². The lowest BCUT2D eigenvalue weighted by molar-refractivity contribution is -0.136. The molecule has 2 aliphatic rings. The Morgan fingerprint density at radius 2 is 1.91 bits per heavy atom. The third-order valence-electron chi connectivity index (χ3n) is 5.77. The quantitative estimate of drug-likeness (QED) is 0.402. The molecule has 0 saturated carbocycles. The molecule has 2 aromatic rings. The van der Waals surface area contributed by atoms with Gasteiger partial charge < -0.3 is 11.1 Å². The molecule has 1 atom stereocenters. The Morgan fingerprint density at radius 3 is 2.67 bits per heavy atom. The molecular weight excluding hydrogens is 426 g/mol. The van der Waals surface area contributed by atoms with E-state index in [1.807, 2.05) is 6.07 Å². The first-order valence-electron chi connectivity index (χ1n) is 10.7. The van der Waals surface area contributed by atoms with Crippen molar-refractivity contribution in [3.8, 4) is 0 Å². The lowest BCUT2D eigenvalue weighted by atomic mass is 10.0. The zero-order valence-corrected chi connectivity index (χ0v) is 17.8. The molecule has 10 heteroatoms. The maximum absolute atomic E-state index is 12.9. The minimum Gasteiger partial charge on any atom is -0.385 e. The van der Waals surface area contributed by atoms with Gasteiger partial charge in [0, 0.05) is 24.8 Å². The van der Waals surface area contributed by atoms with Crippen LogP contribution in [0.1, 0.15) is 62.5 Å². The molecule has 4 rings (SSSR count). The molecule has 170 valence electrons. The second-order valence-electron chi connectivity index (χ2n) is 7.97. The highest BCUT2D eigenvalue weighted by Gasteiger charge is 2.44. The molecule has 1 aromatic heterocycles. The molecule has 0 radical (unpaired) electrons. The van der Waals surface area contributed by atoms with Crippen LogP contribution < -0.4 is 16.4 Å². The average Bonchev–Trinajstić information content (AvgIpc) is 3.03. The van der Waals surface area contributed by atoms with E-state index in [4.69, 9.17) is 5.73 Å². The van der Waals surface area contributed by atoms with E-state index < -0.39 is 35.6 Å². The number of unbranched alkanes of at least 4 members (excludes halogenated alkanes) is 1. The van der Waals surface area contributed by atoms with E-state index in [2.05, 4.69) is 15.6 Å². The fraction of sp³-hybridized carbons (Fsp3) is 0.304. The lowest BCUT2D eigenvalue weighted by Gasteiger charge is -2.27. The van der Waals surface area contributed by atoms with Crippen molar-refractivity contribution in [3.05, 3.63) is 58.9 Å². The van der Waals surface area contributed by atoms with E-state index in [1.165, 1.54) is 6.20 Å². The summed E-state index contributed by atoms with van der Waals surface area (Å²) in [5, 5.41) is 5.41. The minimum absolute atomic E-state index is 0.0800. The van der Waals surface area contributed by atoms with Crippen molar-refractivity contribution in [2.45, 2.75) is 38.1 Å². The predicted molar refractivity (Wildman–Crippen MR) is 117 cm³/mol. The number of piperidine rings is 1. The van der Waals surface area contributed by atoms with Crippen LogP contribution in [0.2, 0.25) is 0 Å². The largest absolute Gasteiger partial charge is 0.385 e. The lowest BCUT2D eigenvalue weighted by Crippen LogP contribution is -2.54. The molecule has 1 saturated heterocycles. The predicted octanol–water partition coefficient (Wildman–Crippen LogP) is 1.02. The molecule has 0 aliphatic carbocycles. The molecular formula is C23H23N5O5. The molecule has 10 nitrogen and oxygen atoms in total. The monoisotopic (exact) mass is 449 g/mol. The number of nitrogens with two attached hydrogens (primary N) is 1. The van der Waals surface area contributed by atoms with Gasteiger partial charge in [0.25, 0.3) is 17.7 Å². The first-order chi connectivity index (χ1) is 15.9. The van der Waals surface area contributed by atoms with Crippen molar-refractivity contribution in [1.82, 2.24) is 15.2 Å². The Morgan fingerprint density at radius 1 is 1.12 bits per heavy atom. The summed E-state index contributed by atoms with van der Waals surface area (Å²) in [6.45, 7) is 0.615. The van der Waals surface area contributed by atoms with Crippen molar-refractivity contribution in [2.24, 2.45) is 5.73 Å². The first-order valence-corrected chi connectivity index (χ1v) is 10.7. The Labute approximate surface area is 189 Å². The SMILES string of the molecule is NC(=O)c1ncccc1CCCCNc1ccc2c(c1)C(=O)N(C1CCC(=O)NC1=O)C2=O. The molecule has 33 heavy (non-hydrogen) atoms. The number of imide groups is 2. The Kier molecular flexibility index (Phi) is 6.16. The van der Waals surface area contributed by atoms with Crippen LogP contribution >= 0.6 is 0 Å². The maximum atomic E-state index is 12.9. The zero-order valence-electron chi connectivity index (χ0n) is 17.8. The number of fused-ring (bicyclic) bond motifs is 1. The van der Waals surface area contributed by atoms with Gasteiger partial charge in [-0.2, -0.15) is 0 Å². The first kappa shape index (κ1) is 22.1. The second kappa shape index (κ2) is 9.19. The van der Waals surface area contributed by atoms with Crippen molar-refractivity contribution in [2.75, 3.05) is 11.9 Å². The molecule has 3 heterocycles. The average molecular weight is 449 g/mol. The van der Waals surface area contributed by atoms with E-state index in [-0.39, 0.29) is 29.7 Å². The van der Waals surface area contributed by atoms with Crippen LogP contribution in [0.15, 0.2) is 36.5 Å². The number of benzene rings is 1. The van der Waals surface area contributed by atoms with Crippen molar-refractivity contribution in [3.63, 3.8) is 0 Å². The van der Waals surface area contributed by atoms with Gasteiger partial charge in [0.05, 0.1) is 11.1 Å². The molecule has 5 amide bonds. The number of aromatic nitrogens is 1. The highest BCUT2D eigenvalue weighted by molar-refractivity contribution is 6.23. The van der Waals surface area contributed by atoms with E-state index in [9.17, 15) is 24.0 Å². The minimum atomic E-state index is -0.982. The summed E-state index contributed by atoms with van der Waals surface area (Å²) in [5.74, 6) is -2.66. The Balaban J connectivity index is 1.34. The van der Waals surface area contributed by atoms with E-state index in [1.54, 1.807) is 24.3 Å². The zero-order chi connectivity index (χ0) is 23.5. The van der Waals surface area contributed by atoms with E-state index in [0.717, 1.165) is 23.3 Å². The molecule has 1 fully saturated rings. The molecule has 0 bridgehead atoms. The number of anilines is 1. The van der Waals surface area contributed by atoms with Gasteiger partial charge in [0.1, 0.15) is 11.7 Å². The number of aryl methyl sites for hydroxylation is 1. The standard InChI is InChI=1S/C23H23N5O5/c24-20(30)19-13(5-3-11-26-19)4-1-2-10-25-14-6-7-15-16(12-14)23(33)28(22(15)32)17-8-9-18(29)27-21(17)31/h3,5-7,11-12,17,25H,1-2,4,8-10H2,(H2,24,30)(H,27,29,31). The second-order valence-corrected chi connectivity index (χ2v) is 7.97. The third kappa shape index (κ3) is 4.45. The van der Waals surface area contributed by atoms with Crippen molar-refractivity contribution >= 4 is 35.2 Å². The number of hydrogen-bond acceptors (Lipinski definition) is 7. The van der Waals surface area contributed by atoms with Crippen LogP contribution in [-0.4, -0.2) is 52.0 Å². The van der Waals surface area contributed by atoms with Gasteiger partial charge >= 0.3 is 0 Å². The maximum Gasteiger partial charge on any atom is 0.267 e. The molecule has 1 aromatic carbocycles. The summed E-state index contributed by atoms with van der Waals surface area (Å²) in [6, 6.07) is 7.50. The number of carbonyl (C=O) groups excluding carboxylic acids is 5. The van der Waals surface area contributed by atoms with Gasteiger partial charge in [-0.25, -0.2) is 0 Å². The van der Waals surface area contributed by atoms with Crippen LogP contribution in [0.25, 0.3) is 0 Å². The summed E-state index contributed by atoms with van der Waals surface area (Å²) in [4.78, 5) is 65.6. The van der Waals surface area contributed by atoms with Crippen LogP contribution in [-0.2, 0) is 16.0 Å². The summed E-state index contributed by atoms with van der Waals surface area (Å²) in [5.41, 5.74) is 7.60. The highest BCUT2D eigenvalue weighted by Crippen LogP contribution is 2.29. The van der Waals surface area contributed by atoms with Crippen LogP contribution in [0, 0.1) is 0 Å². The number of pyridine rings is 1. The summed E-state index contributed by atoms with van der Waals surface area (Å²) in [7, 11) is 0. The summed E-state index contributed by atoms with van der Waals surface area (Å²) >= 11 is 0. The number of rotatable bonds is 8. The molecule has 1 unspecified atom stereocenters. The summed E-state index contributed by atoms with van der Waals surface area (Å²) in [6.07, 6.45) is 3.98. The normalized spacial score (nSPS) is 17.7. The number of amides is 5. The van der Waals surface area contributed by atoms with E-state index in [0.29, 0.717) is 18.7 Å². The van der Waals surface area contributed by atoms with Gasteiger partial charge in [-0.3, -0.25) is 39.2 Å². The third-order valence-corrected chi connectivity index (χ3v) is 5.77. The van der Waals surface area contributed by atoms with Gasteiger partial charge in [0.2, 0.25) is 11.8 Å². The summed E-state index contributed by atoms with van der Waals surface area (Å²) < 4.78 is 0. The fourth-order valence-electron chi connectivity index (χ4n) is 4.12. The Hall–Kier alpha value is -4.08. The number of carbonyl (C=O) groups is 5. The molecule has 4 N–H and O–H groups in total. The number of nitrogens with one attached hydrogen (secondary N) is 2. The van der Waals surface area contributed by atoms with Gasteiger partial charge in [0.15, 0.2) is 0 Å². The van der Waals surface area contributed by atoms with Gasteiger partial charge in [-0.1, -0.05) is 6.07 Å². The highest BCUT2D eigenvalue weighted by atomic mass is 16.2. The fourth-order valence-corrected chi connectivity index (χ4v) is 4.12. The number of nitrogens with zero attached hydrogens (tertiary/aromatic N) is 2. The van der Waals surface area contributed by atoms with Crippen LogP contribution in [0.4, 0.5) is 5.69 Å². The van der Waals surface area contributed by atoms with Crippen LogP contribution in [0.5, 0.6) is 0 Å². The van der Waals surface area contributed by atoms with Crippen molar-refractivity contribution in [1.29, 1.82) is 0 Å². The van der Waals surface area contributed by atoms with Crippen molar-refractivity contribution < 1.29 is 24.0 Å². The van der Waals surface area contributed by atoms with Gasteiger partial charge in [-0.15, -0.1) is 0 Å². The smallest absolute Gasteiger partial charge is 0.267 e. The molecule has 2 aliphatic heterocycles. The number of primary amides is 1. The van der Waals surface area contributed by atoms with E-state index >= 15 is 0 Å². The topological polar surface area (TPSA) is 152 Å². The Bertz CT molecular complexity index is 1160.